The van der Waals surface area contributed by atoms with Gasteiger partial charge in [-0.2, -0.15) is 0 Å². The maximum Gasteiger partial charge on any atom is 0.132 e. The number of nitrogens with zero attached hydrogens (tertiary/aromatic N) is 3. The third-order valence-electron chi connectivity index (χ3n) is 4.50. The Bertz CT molecular complexity index is 819. The number of anilines is 2. The number of nitrogen functional groups attached to an aromatic ring is 1. The third kappa shape index (κ3) is 4.76. The molecule has 2 heterocycles. The Morgan fingerprint density at radius 1 is 1.21 bits per heavy atom. The standard InChI is InChI=1S/C20H27N5O3/c1-13-10-25(11-14(2)28-13)19-9-18(23-12-24-19)20(22)16-8-15(4-5-17(16)21)27-7-6-26-3/h4-5,8-9,12-14,22H,6-7,10-11,21H2,1-3H3. The van der Waals surface area contributed by atoms with Crippen LogP contribution in [0.15, 0.2) is 30.6 Å². The Kier molecular flexibility index (Phi) is 6.43. The Morgan fingerprint density at radius 3 is 2.68 bits per heavy atom. The van der Waals surface area contributed by atoms with Crippen molar-refractivity contribution in [2.75, 3.05) is 44.0 Å². The van der Waals surface area contributed by atoms with Gasteiger partial charge in [-0.05, 0) is 32.0 Å². The molecule has 3 rings (SSSR count). The predicted octanol–water partition coefficient (Wildman–Crippen LogP) is 2.11. The van der Waals surface area contributed by atoms with E-state index in [2.05, 4.69) is 14.9 Å². The predicted molar refractivity (Wildman–Crippen MR) is 108 cm³/mol. The van der Waals surface area contributed by atoms with Crippen LogP contribution in [-0.4, -0.2) is 61.3 Å². The van der Waals surface area contributed by atoms with Crippen LogP contribution in [0.3, 0.4) is 0 Å². The number of methoxy groups -OCH3 is 1. The highest BCUT2D eigenvalue weighted by Gasteiger charge is 2.24. The second-order valence-corrected chi connectivity index (χ2v) is 6.89. The minimum atomic E-state index is 0.123. The van der Waals surface area contributed by atoms with Crippen LogP contribution in [0, 0.1) is 5.41 Å². The normalized spacial score (nSPS) is 19.5. The first-order valence-corrected chi connectivity index (χ1v) is 9.31. The minimum absolute atomic E-state index is 0.123. The van der Waals surface area contributed by atoms with Crippen molar-refractivity contribution in [1.82, 2.24) is 9.97 Å². The van der Waals surface area contributed by atoms with E-state index in [0.29, 0.717) is 35.9 Å². The van der Waals surface area contributed by atoms with Crippen molar-refractivity contribution in [2.45, 2.75) is 26.1 Å². The van der Waals surface area contributed by atoms with E-state index in [1.165, 1.54) is 6.33 Å². The highest BCUT2D eigenvalue weighted by atomic mass is 16.5. The molecule has 1 aromatic heterocycles. The van der Waals surface area contributed by atoms with Crippen LogP contribution in [0.25, 0.3) is 0 Å². The molecule has 1 fully saturated rings. The second kappa shape index (κ2) is 8.99. The zero-order valence-electron chi connectivity index (χ0n) is 16.5. The van der Waals surface area contributed by atoms with Gasteiger partial charge in [0, 0.05) is 37.5 Å². The zero-order chi connectivity index (χ0) is 20.1. The highest BCUT2D eigenvalue weighted by Crippen LogP contribution is 2.24. The number of ether oxygens (including phenoxy) is 3. The van der Waals surface area contributed by atoms with Crippen molar-refractivity contribution in [3.8, 4) is 5.75 Å². The van der Waals surface area contributed by atoms with Crippen molar-refractivity contribution in [2.24, 2.45) is 0 Å². The van der Waals surface area contributed by atoms with Gasteiger partial charge in [0.15, 0.2) is 0 Å². The van der Waals surface area contributed by atoms with E-state index in [1.807, 2.05) is 19.9 Å². The van der Waals surface area contributed by atoms with Gasteiger partial charge in [-0.25, -0.2) is 9.97 Å². The van der Waals surface area contributed by atoms with Gasteiger partial charge in [-0.15, -0.1) is 0 Å². The highest BCUT2D eigenvalue weighted by molar-refractivity contribution is 6.13. The monoisotopic (exact) mass is 385 g/mol. The van der Waals surface area contributed by atoms with Crippen molar-refractivity contribution in [3.63, 3.8) is 0 Å². The van der Waals surface area contributed by atoms with Gasteiger partial charge in [0.1, 0.15) is 24.5 Å². The summed E-state index contributed by atoms with van der Waals surface area (Å²) in [5, 5.41) is 8.62. The van der Waals surface area contributed by atoms with Crippen LogP contribution in [0.4, 0.5) is 11.5 Å². The molecule has 0 saturated carbocycles. The molecule has 1 aliphatic rings. The summed E-state index contributed by atoms with van der Waals surface area (Å²) in [5.74, 6) is 1.42. The summed E-state index contributed by atoms with van der Waals surface area (Å²) in [6.07, 6.45) is 1.73. The zero-order valence-corrected chi connectivity index (χ0v) is 16.5. The summed E-state index contributed by atoms with van der Waals surface area (Å²) < 4.78 is 16.4. The number of morpholine rings is 1. The number of hydrogen-bond donors (Lipinski definition) is 2. The number of rotatable bonds is 7. The van der Waals surface area contributed by atoms with E-state index in [4.69, 9.17) is 25.4 Å². The quantitative estimate of drug-likeness (QED) is 0.427. The lowest BCUT2D eigenvalue weighted by Gasteiger charge is -2.36. The first-order valence-electron chi connectivity index (χ1n) is 9.31. The van der Waals surface area contributed by atoms with Crippen LogP contribution < -0.4 is 15.4 Å². The van der Waals surface area contributed by atoms with Gasteiger partial charge in [-0.3, -0.25) is 5.41 Å². The average molecular weight is 385 g/mol. The fourth-order valence-electron chi connectivity index (χ4n) is 3.24. The smallest absolute Gasteiger partial charge is 0.132 e. The fraction of sp³-hybridized carbons (Fsp3) is 0.450. The van der Waals surface area contributed by atoms with Crippen molar-refractivity contribution < 1.29 is 14.2 Å². The fourth-order valence-corrected chi connectivity index (χ4v) is 3.24. The number of hydrogen-bond acceptors (Lipinski definition) is 8. The van der Waals surface area contributed by atoms with Gasteiger partial charge in [0.2, 0.25) is 0 Å². The largest absolute Gasteiger partial charge is 0.491 e. The molecule has 8 nitrogen and oxygen atoms in total. The average Bonchev–Trinajstić information content (AvgIpc) is 2.68. The summed E-state index contributed by atoms with van der Waals surface area (Å²) in [4.78, 5) is 10.8. The molecule has 0 aliphatic carbocycles. The molecule has 1 aliphatic heterocycles. The SMILES string of the molecule is COCCOc1ccc(N)c(C(=N)c2cc(N3CC(C)OC(C)C3)ncn2)c1. The molecule has 2 unspecified atom stereocenters. The lowest BCUT2D eigenvalue weighted by atomic mass is 10.0. The molecular weight excluding hydrogens is 358 g/mol. The van der Waals surface area contributed by atoms with Gasteiger partial charge in [-0.1, -0.05) is 0 Å². The van der Waals surface area contributed by atoms with Crippen LogP contribution >= 0.6 is 0 Å². The van der Waals surface area contributed by atoms with Gasteiger partial charge in [0.25, 0.3) is 0 Å². The van der Waals surface area contributed by atoms with Gasteiger partial charge >= 0.3 is 0 Å². The molecule has 2 atom stereocenters. The van der Waals surface area contributed by atoms with E-state index in [9.17, 15) is 0 Å². The molecule has 0 bridgehead atoms. The van der Waals surface area contributed by atoms with Gasteiger partial charge < -0.3 is 24.8 Å². The topological polar surface area (TPSA) is 107 Å². The summed E-state index contributed by atoms with van der Waals surface area (Å²) in [6, 6.07) is 7.10. The number of aromatic nitrogens is 2. The van der Waals surface area contributed by atoms with E-state index in [-0.39, 0.29) is 17.9 Å². The van der Waals surface area contributed by atoms with Crippen LogP contribution in [0.1, 0.15) is 25.1 Å². The molecular formula is C20H27N5O3. The van der Waals surface area contributed by atoms with E-state index in [0.717, 1.165) is 18.9 Å². The van der Waals surface area contributed by atoms with Gasteiger partial charge in [0.05, 0.1) is 30.2 Å². The van der Waals surface area contributed by atoms with E-state index < -0.39 is 0 Å². The minimum Gasteiger partial charge on any atom is -0.491 e. The molecule has 3 N–H and O–H groups in total. The first kappa shape index (κ1) is 20.0. The van der Waals surface area contributed by atoms with Crippen molar-refractivity contribution in [1.29, 1.82) is 5.41 Å². The molecule has 8 heteroatoms. The second-order valence-electron chi connectivity index (χ2n) is 6.89. The molecule has 150 valence electrons. The number of nitrogens with one attached hydrogen (secondary N) is 1. The van der Waals surface area contributed by atoms with Crippen LogP contribution in [-0.2, 0) is 9.47 Å². The maximum atomic E-state index is 8.62. The third-order valence-corrected chi connectivity index (χ3v) is 4.50. The maximum absolute atomic E-state index is 8.62. The molecule has 1 saturated heterocycles. The summed E-state index contributed by atoms with van der Waals surface area (Å²) in [7, 11) is 1.62. The van der Waals surface area contributed by atoms with Crippen molar-refractivity contribution >= 4 is 17.2 Å². The molecule has 28 heavy (non-hydrogen) atoms. The molecule has 0 spiro atoms. The van der Waals surface area contributed by atoms with Crippen molar-refractivity contribution in [3.05, 3.63) is 41.9 Å². The lowest BCUT2D eigenvalue weighted by molar-refractivity contribution is -0.00546. The molecule has 2 aromatic rings. The molecule has 1 aromatic carbocycles. The Labute approximate surface area is 165 Å². The molecule has 0 radical (unpaired) electrons. The van der Waals surface area contributed by atoms with Crippen LogP contribution in [0.5, 0.6) is 5.75 Å². The number of nitrogens with two attached hydrogens (primary N) is 1. The Hall–Kier alpha value is -2.71. The van der Waals surface area contributed by atoms with Crippen LogP contribution in [0.2, 0.25) is 0 Å². The first-order chi connectivity index (χ1) is 13.5. The van der Waals surface area contributed by atoms with E-state index >= 15 is 0 Å². The Balaban J connectivity index is 1.82. The summed E-state index contributed by atoms with van der Waals surface area (Å²) in [6.45, 7) is 6.50. The lowest BCUT2D eigenvalue weighted by Crippen LogP contribution is -2.45. The summed E-state index contributed by atoms with van der Waals surface area (Å²) in [5.41, 5.74) is 7.92. The summed E-state index contributed by atoms with van der Waals surface area (Å²) >= 11 is 0. The Morgan fingerprint density at radius 2 is 1.96 bits per heavy atom. The van der Waals surface area contributed by atoms with E-state index in [1.54, 1.807) is 25.3 Å². The molecule has 0 amide bonds. The number of benzene rings is 1.